The highest BCUT2D eigenvalue weighted by Crippen LogP contribution is 2.29. The van der Waals surface area contributed by atoms with Crippen LogP contribution in [0.1, 0.15) is 31.7 Å². The van der Waals surface area contributed by atoms with E-state index in [-0.39, 0.29) is 0 Å². The molecule has 1 aromatic rings. The van der Waals surface area contributed by atoms with Gasteiger partial charge in [0.25, 0.3) is 0 Å². The molecule has 0 radical (unpaired) electrons. The second kappa shape index (κ2) is 5.96. The van der Waals surface area contributed by atoms with Crippen LogP contribution >= 0.6 is 0 Å². The van der Waals surface area contributed by atoms with Gasteiger partial charge in [0.1, 0.15) is 0 Å². The molecule has 20 heavy (non-hydrogen) atoms. The van der Waals surface area contributed by atoms with E-state index in [1.807, 2.05) is 0 Å². The van der Waals surface area contributed by atoms with Gasteiger partial charge < -0.3 is 4.90 Å². The number of rotatable bonds is 3. The first-order chi connectivity index (χ1) is 9.74. The summed E-state index contributed by atoms with van der Waals surface area (Å²) >= 11 is 0. The Kier molecular flexibility index (Phi) is 4.06. The Balaban J connectivity index is 1.55. The lowest BCUT2D eigenvalue weighted by Gasteiger charge is -2.42. The molecular weight excluding hydrogens is 248 g/mol. The topological polar surface area (TPSA) is 23.6 Å². The van der Waals surface area contributed by atoms with Gasteiger partial charge in [0.05, 0.1) is 0 Å². The average molecular weight is 272 g/mol. The number of nitrogens with zero attached hydrogens (tertiary/aromatic N) is 2. The molecule has 0 N–H and O–H groups in total. The van der Waals surface area contributed by atoms with Crippen molar-refractivity contribution in [3.8, 4) is 0 Å². The van der Waals surface area contributed by atoms with Gasteiger partial charge in [-0.1, -0.05) is 36.8 Å². The van der Waals surface area contributed by atoms with Crippen molar-refractivity contribution in [2.24, 2.45) is 5.92 Å². The molecule has 1 aliphatic heterocycles. The lowest BCUT2D eigenvalue weighted by Crippen LogP contribution is -2.55. The number of carbonyl (C=O) groups is 1. The second-order valence-electron chi connectivity index (χ2n) is 6.23. The molecule has 1 aromatic carbocycles. The molecule has 3 nitrogen and oxygen atoms in total. The first kappa shape index (κ1) is 13.6. The molecule has 1 heterocycles. The molecule has 1 saturated heterocycles. The quantitative estimate of drug-likeness (QED) is 0.844. The van der Waals surface area contributed by atoms with Gasteiger partial charge in [-0.2, -0.15) is 0 Å². The molecule has 2 fully saturated rings. The molecule has 1 saturated carbocycles. The van der Waals surface area contributed by atoms with E-state index in [0.29, 0.717) is 17.9 Å². The molecule has 3 heteroatoms. The van der Waals surface area contributed by atoms with Crippen LogP contribution in [0.15, 0.2) is 30.3 Å². The van der Waals surface area contributed by atoms with Crippen LogP contribution in [0.2, 0.25) is 0 Å². The van der Waals surface area contributed by atoms with Crippen LogP contribution in [-0.4, -0.2) is 41.4 Å². The predicted molar refractivity (Wildman–Crippen MR) is 80.2 cm³/mol. The molecule has 0 aromatic heterocycles. The maximum absolute atomic E-state index is 12.4. The minimum Gasteiger partial charge on any atom is -0.337 e. The van der Waals surface area contributed by atoms with Crippen LogP contribution in [0.3, 0.4) is 0 Å². The normalized spacial score (nSPS) is 24.4. The van der Waals surface area contributed by atoms with Gasteiger partial charge >= 0.3 is 0 Å². The summed E-state index contributed by atoms with van der Waals surface area (Å²) in [4.78, 5) is 16.9. The van der Waals surface area contributed by atoms with E-state index in [1.165, 1.54) is 12.0 Å². The van der Waals surface area contributed by atoms with Crippen LogP contribution in [0.4, 0.5) is 0 Å². The Morgan fingerprint density at radius 3 is 2.55 bits per heavy atom. The fourth-order valence-electron chi connectivity index (χ4n) is 3.24. The summed E-state index contributed by atoms with van der Waals surface area (Å²) in [6, 6.07) is 10.9. The molecule has 1 aliphatic carbocycles. The Morgan fingerprint density at radius 1 is 1.20 bits per heavy atom. The van der Waals surface area contributed by atoms with Crippen LogP contribution in [0, 0.1) is 5.92 Å². The number of amides is 1. The molecular formula is C17H24N2O. The summed E-state index contributed by atoms with van der Waals surface area (Å²) in [6.07, 6.45) is 3.45. The van der Waals surface area contributed by atoms with Gasteiger partial charge in [0.15, 0.2) is 0 Å². The van der Waals surface area contributed by atoms with E-state index in [9.17, 15) is 4.79 Å². The third-order valence-corrected chi connectivity index (χ3v) is 4.70. The molecule has 3 rings (SSSR count). The van der Waals surface area contributed by atoms with Crippen molar-refractivity contribution >= 4 is 5.91 Å². The molecule has 0 bridgehead atoms. The van der Waals surface area contributed by atoms with Crippen molar-refractivity contribution in [1.29, 1.82) is 0 Å². The van der Waals surface area contributed by atoms with E-state index in [4.69, 9.17) is 0 Å². The summed E-state index contributed by atoms with van der Waals surface area (Å²) in [7, 11) is 0. The van der Waals surface area contributed by atoms with Crippen LogP contribution < -0.4 is 0 Å². The Labute approximate surface area is 121 Å². The molecule has 1 amide bonds. The minimum absolute atomic E-state index is 0.332. The van der Waals surface area contributed by atoms with Crippen molar-refractivity contribution in [1.82, 2.24) is 9.80 Å². The molecule has 1 atom stereocenters. The van der Waals surface area contributed by atoms with Gasteiger partial charge in [-0.25, -0.2) is 0 Å². The summed E-state index contributed by atoms with van der Waals surface area (Å²) in [5.41, 5.74) is 1.36. The first-order valence-corrected chi connectivity index (χ1v) is 7.81. The summed E-state index contributed by atoms with van der Waals surface area (Å²) < 4.78 is 0. The maximum Gasteiger partial charge on any atom is 0.226 e. The zero-order valence-corrected chi connectivity index (χ0v) is 12.3. The summed E-state index contributed by atoms with van der Waals surface area (Å²) in [6.45, 7) is 6.07. The largest absolute Gasteiger partial charge is 0.337 e. The maximum atomic E-state index is 12.4. The molecule has 0 unspecified atom stereocenters. The lowest BCUT2D eigenvalue weighted by atomic mass is 9.84. The van der Waals surface area contributed by atoms with Crippen LogP contribution in [0.5, 0.6) is 0 Å². The highest BCUT2D eigenvalue weighted by molar-refractivity contribution is 5.80. The fraction of sp³-hybridized carbons (Fsp3) is 0.588. The Bertz CT molecular complexity index is 455. The van der Waals surface area contributed by atoms with Crippen LogP contribution in [0.25, 0.3) is 0 Å². The molecule has 108 valence electrons. The second-order valence-corrected chi connectivity index (χ2v) is 6.23. The minimum atomic E-state index is 0.332. The highest BCUT2D eigenvalue weighted by atomic mass is 16.2. The number of hydrogen-bond donors (Lipinski definition) is 0. The van der Waals surface area contributed by atoms with E-state index < -0.39 is 0 Å². The zero-order chi connectivity index (χ0) is 13.9. The fourth-order valence-corrected chi connectivity index (χ4v) is 3.24. The standard InChI is InChI=1S/C17H24N2O/c1-14-12-18(13-15-6-3-2-4-7-15)10-11-19(14)17(20)16-8-5-9-16/h2-4,6-7,14,16H,5,8-13H2,1H3/t14-/m1/s1. The van der Waals surface area contributed by atoms with Crippen molar-refractivity contribution in [2.45, 2.75) is 38.8 Å². The van der Waals surface area contributed by atoms with Crippen molar-refractivity contribution in [3.63, 3.8) is 0 Å². The van der Waals surface area contributed by atoms with Gasteiger partial charge in [0, 0.05) is 38.1 Å². The van der Waals surface area contributed by atoms with E-state index in [0.717, 1.165) is 39.0 Å². The monoisotopic (exact) mass is 272 g/mol. The lowest BCUT2D eigenvalue weighted by molar-refractivity contribution is -0.142. The zero-order valence-electron chi connectivity index (χ0n) is 12.3. The van der Waals surface area contributed by atoms with Gasteiger partial charge in [-0.05, 0) is 25.3 Å². The first-order valence-electron chi connectivity index (χ1n) is 7.81. The van der Waals surface area contributed by atoms with Crippen molar-refractivity contribution in [3.05, 3.63) is 35.9 Å². The Hall–Kier alpha value is -1.35. The van der Waals surface area contributed by atoms with Gasteiger partial charge in [-0.3, -0.25) is 9.69 Å². The molecule has 2 aliphatic rings. The number of carbonyl (C=O) groups excluding carboxylic acids is 1. The summed E-state index contributed by atoms with van der Waals surface area (Å²) in [5.74, 6) is 0.737. The smallest absolute Gasteiger partial charge is 0.226 e. The molecule has 0 spiro atoms. The third kappa shape index (κ3) is 2.88. The van der Waals surface area contributed by atoms with Gasteiger partial charge in [0.2, 0.25) is 5.91 Å². The van der Waals surface area contributed by atoms with Crippen molar-refractivity contribution < 1.29 is 4.79 Å². The number of hydrogen-bond acceptors (Lipinski definition) is 2. The van der Waals surface area contributed by atoms with E-state index in [2.05, 4.69) is 47.1 Å². The highest BCUT2D eigenvalue weighted by Gasteiger charge is 2.34. The number of benzene rings is 1. The van der Waals surface area contributed by atoms with Crippen molar-refractivity contribution in [2.75, 3.05) is 19.6 Å². The average Bonchev–Trinajstić information content (AvgIpc) is 2.38. The predicted octanol–water partition coefficient (Wildman–Crippen LogP) is 2.52. The summed E-state index contributed by atoms with van der Waals surface area (Å²) in [5, 5.41) is 0. The van der Waals surface area contributed by atoms with Gasteiger partial charge in [-0.15, -0.1) is 0 Å². The SMILES string of the molecule is C[C@@H]1CN(Cc2ccccc2)CCN1C(=O)C1CCC1. The Morgan fingerprint density at radius 2 is 1.95 bits per heavy atom. The van der Waals surface area contributed by atoms with E-state index in [1.54, 1.807) is 0 Å². The van der Waals surface area contributed by atoms with Crippen LogP contribution in [-0.2, 0) is 11.3 Å². The number of piperazine rings is 1. The van der Waals surface area contributed by atoms with E-state index >= 15 is 0 Å². The third-order valence-electron chi connectivity index (χ3n) is 4.70.